The van der Waals surface area contributed by atoms with Gasteiger partial charge in [-0.25, -0.2) is 0 Å². The number of hydrogen-bond donors (Lipinski definition) is 1. The monoisotopic (exact) mass is 490 g/mol. The van der Waals surface area contributed by atoms with Crippen LogP contribution in [0.5, 0.6) is 17.2 Å². The summed E-state index contributed by atoms with van der Waals surface area (Å²) in [4.78, 5) is 30.5. The highest BCUT2D eigenvalue weighted by atomic mass is 16.7. The van der Waals surface area contributed by atoms with Gasteiger partial charge in [0.05, 0.1) is 11.6 Å². The fraction of sp³-hybridized carbons (Fsp3) is 0.357. The number of nitrogens with zero attached hydrogens (tertiary/aromatic N) is 2. The smallest absolute Gasteiger partial charge is 0.295 e. The standard InChI is InChI=1S/C28H30N2O6/c1-2-15-34-21-8-6-7-19(16-21)25-24(26(31)20-9-10-22-23(17-20)36-18-35-22)27(32)28(33)30(25)14-13-29-11-4-3-5-12-29/h2,6-10,16-17,25,31H,1,3-5,11-15,18H2/b26-24+. The van der Waals surface area contributed by atoms with Gasteiger partial charge in [0.1, 0.15) is 18.1 Å². The van der Waals surface area contributed by atoms with Crippen LogP contribution < -0.4 is 14.2 Å². The van der Waals surface area contributed by atoms with Crippen LogP contribution in [-0.2, 0) is 9.59 Å². The predicted octanol–water partition coefficient (Wildman–Crippen LogP) is 3.89. The number of ketones is 1. The van der Waals surface area contributed by atoms with Crippen molar-refractivity contribution in [3.63, 3.8) is 0 Å². The number of hydrogen-bond acceptors (Lipinski definition) is 7. The molecule has 2 saturated heterocycles. The SMILES string of the molecule is C=CCOc1cccc(C2/C(=C(\O)c3ccc4c(c3)OCO4)C(=O)C(=O)N2CCN2CCCCC2)c1. The molecule has 2 aromatic carbocycles. The first-order chi connectivity index (χ1) is 17.6. The molecule has 8 heteroatoms. The van der Waals surface area contributed by atoms with Gasteiger partial charge in [-0.05, 0) is 61.8 Å². The van der Waals surface area contributed by atoms with E-state index in [2.05, 4.69) is 11.5 Å². The van der Waals surface area contributed by atoms with E-state index in [9.17, 15) is 14.7 Å². The van der Waals surface area contributed by atoms with Gasteiger partial charge >= 0.3 is 0 Å². The number of amides is 1. The first kappa shape index (κ1) is 23.9. The number of aliphatic hydroxyl groups excluding tert-OH is 1. The first-order valence-electron chi connectivity index (χ1n) is 12.3. The Morgan fingerprint density at radius 3 is 2.67 bits per heavy atom. The van der Waals surface area contributed by atoms with Crippen LogP contribution in [0.3, 0.4) is 0 Å². The van der Waals surface area contributed by atoms with E-state index in [1.54, 1.807) is 35.2 Å². The third-order valence-electron chi connectivity index (χ3n) is 6.83. The number of carbonyl (C=O) groups excluding carboxylic acids is 2. The number of ether oxygens (including phenoxy) is 3. The van der Waals surface area contributed by atoms with E-state index >= 15 is 0 Å². The quantitative estimate of drug-likeness (QED) is 0.260. The summed E-state index contributed by atoms with van der Waals surface area (Å²) < 4.78 is 16.5. The second-order valence-electron chi connectivity index (χ2n) is 9.14. The Hall–Kier alpha value is -3.78. The number of benzene rings is 2. The highest BCUT2D eigenvalue weighted by Crippen LogP contribution is 2.42. The highest BCUT2D eigenvalue weighted by Gasteiger charge is 2.46. The van der Waals surface area contributed by atoms with Crippen molar-refractivity contribution in [2.75, 3.05) is 39.6 Å². The Morgan fingerprint density at radius 1 is 1.06 bits per heavy atom. The Bertz CT molecular complexity index is 1200. The van der Waals surface area contributed by atoms with Crippen LogP contribution >= 0.6 is 0 Å². The lowest BCUT2D eigenvalue weighted by Crippen LogP contribution is -2.40. The molecular formula is C28H30N2O6. The molecule has 1 amide bonds. The largest absolute Gasteiger partial charge is 0.507 e. The molecule has 0 saturated carbocycles. The average Bonchev–Trinajstić information content (AvgIpc) is 3.48. The van der Waals surface area contributed by atoms with Gasteiger partial charge in [-0.1, -0.05) is 31.2 Å². The summed E-state index contributed by atoms with van der Waals surface area (Å²) in [5.74, 6) is 0.0847. The summed E-state index contributed by atoms with van der Waals surface area (Å²) in [6, 6.07) is 11.5. The number of carbonyl (C=O) groups is 2. The summed E-state index contributed by atoms with van der Waals surface area (Å²) in [5, 5.41) is 11.3. The molecule has 0 spiro atoms. The minimum atomic E-state index is -0.743. The van der Waals surface area contributed by atoms with Gasteiger partial charge in [0.15, 0.2) is 11.5 Å². The zero-order valence-corrected chi connectivity index (χ0v) is 20.2. The van der Waals surface area contributed by atoms with Crippen molar-refractivity contribution >= 4 is 17.4 Å². The third kappa shape index (κ3) is 4.68. The number of aliphatic hydroxyl groups is 1. The van der Waals surface area contributed by atoms with Gasteiger partial charge in [-0.15, -0.1) is 0 Å². The lowest BCUT2D eigenvalue weighted by Gasteiger charge is -2.31. The molecule has 0 aliphatic carbocycles. The summed E-state index contributed by atoms with van der Waals surface area (Å²) in [5.41, 5.74) is 1.13. The fourth-order valence-electron chi connectivity index (χ4n) is 5.02. The Balaban J connectivity index is 1.54. The molecule has 3 aliphatic heterocycles. The number of piperidine rings is 1. The van der Waals surface area contributed by atoms with Crippen LogP contribution in [0.4, 0.5) is 0 Å². The zero-order chi connectivity index (χ0) is 25.1. The second-order valence-corrected chi connectivity index (χ2v) is 9.14. The van der Waals surface area contributed by atoms with E-state index in [1.165, 1.54) is 6.42 Å². The van der Waals surface area contributed by atoms with Crippen molar-refractivity contribution in [1.82, 2.24) is 9.80 Å². The number of rotatable bonds is 8. The molecule has 2 aromatic rings. The summed E-state index contributed by atoms with van der Waals surface area (Å²) in [6.07, 6.45) is 5.13. The Labute approximate surface area is 210 Å². The molecule has 3 aliphatic rings. The summed E-state index contributed by atoms with van der Waals surface area (Å²) >= 11 is 0. The van der Waals surface area contributed by atoms with Crippen molar-refractivity contribution in [2.45, 2.75) is 25.3 Å². The van der Waals surface area contributed by atoms with Crippen LogP contribution in [-0.4, -0.2) is 66.2 Å². The van der Waals surface area contributed by atoms with Crippen molar-refractivity contribution in [3.05, 3.63) is 71.8 Å². The van der Waals surface area contributed by atoms with Crippen LogP contribution in [0.15, 0.2) is 60.7 Å². The van der Waals surface area contributed by atoms with Crippen molar-refractivity contribution in [2.24, 2.45) is 0 Å². The molecule has 0 bridgehead atoms. The van der Waals surface area contributed by atoms with E-state index in [0.29, 0.717) is 48.1 Å². The first-order valence-corrected chi connectivity index (χ1v) is 12.3. The molecule has 36 heavy (non-hydrogen) atoms. The number of likely N-dealkylation sites (tertiary alicyclic amines) is 2. The van der Waals surface area contributed by atoms with Gasteiger partial charge in [-0.2, -0.15) is 0 Å². The minimum Gasteiger partial charge on any atom is -0.507 e. The third-order valence-corrected chi connectivity index (χ3v) is 6.83. The maximum absolute atomic E-state index is 13.3. The maximum Gasteiger partial charge on any atom is 0.295 e. The van der Waals surface area contributed by atoms with Gasteiger partial charge in [-0.3, -0.25) is 9.59 Å². The Kier molecular flexibility index (Phi) is 6.95. The lowest BCUT2D eigenvalue weighted by atomic mass is 9.95. The maximum atomic E-state index is 13.3. The molecular weight excluding hydrogens is 460 g/mol. The van der Waals surface area contributed by atoms with Crippen LogP contribution in [0.2, 0.25) is 0 Å². The predicted molar refractivity (Wildman–Crippen MR) is 134 cm³/mol. The van der Waals surface area contributed by atoms with Crippen molar-refractivity contribution < 1.29 is 28.9 Å². The second kappa shape index (κ2) is 10.5. The lowest BCUT2D eigenvalue weighted by molar-refractivity contribution is -0.140. The van der Waals surface area contributed by atoms with E-state index in [4.69, 9.17) is 14.2 Å². The molecule has 5 rings (SSSR count). The number of Topliss-reactive ketones (excluding diaryl/α,β-unsaturated/α-hetero) is 1. The molecule has 2 fully saturated rings. The fourth-order valence-corrected chi connectivity index (χ4v) is 5.02. The zero-order valence-electron chi connectivity index (χ0n) is 20.2. The summed E-state index contributed by atoms with van der Waals surface area (Å²) in [7, 11) is 0. The molecule has 1 unspecified atom stereocenters. The molecule has 8 nitrogen and oxygen atoms in total. The molecule has 1 atom stereocenters. The van der Waals surface area contributed by atoms with Gasteiger partial charge in [0, 0.05) is 18.7 Å². The molecule has 188 valence electrons. The number of fused-ring (bicyclic) bond motifs is 1. The van der Waals surface area contributed by atoms with E-state index in [0.717, 1.165) is 25.9 Å². The molecule has 3 heterocycles. The van der Waals surface area contributed by atoms with Crippen molar-refractivity contribution in [3.8, 4) is 17.2 Å². The van der Waals surface area contributed by atoms with E-state index in [-0.39, 0.29) is 18.1 Å². The highest BCUT2D eigenvalue weighted by molar-refractivity contribution is 6.46. The normalized spacial score (nSPS) is 21.1. The average molecular weight is 491 g/mol. The van der Waals surface area contributed by atoms with Gasteiger partial charge < -0.3 is 29.1 Å². The Morgan fingerprint density at radius 2 is 1.86 bits per heavy atom. The van der Waals surface area contributed by atoms with E-state index in [1.807, 2.05) is 18.2 Å². The van der Waals surface area contributed by atoms with Crippen LogP contribution in [0.25, 0.3) is 5.76 Å². The van der Waals surface area contributed by atoms with Crippen LogP contribution in [0, 0.1) is 0 Å². The topological polar surface area (TPSA) is 88.5 Å². The molecule has 1 N–H and O–H groups in total. The van der Waals surface area contributed by atoms with Gasteiger partial charge in [0.2, 0.25) is 6.79 Å². The van der Waals surface area contributed by atoms with E-state index < -0.39 is 17.7 Å². The molecule has 0 aromatic heterocycles. The molecule has 0 radical (unpaired) electrons. The minimum absolute atomic E-state index is 0.0541. The van der Waals surface area contributed by atoms with Crippen LogP contribution in [0.1, 0.15) is 36.4 Å². The summed E-state index contributed by atoms with van der Waals surface area (Å²) in [6.45, 7) is 7.12. The van der Waals surface area contributed by atoms with Crippen molar-refractivity contribution in [1.29, 1.82) is 0 Å². The van der Waals surface area contributed by atoms with Gasteiger partial charge in [0.25, 0.3) is 11.7 Å².